The molecule has 0 saturated heterocycles. The van der Waals surface area contributed by atoms with Gasteiger partial charge in [0.2, 0.25) is 0 Å². The molecule has 7 nitrogen and oxygen atoms in total. The molecule has 1 atom stereocenters. The van der Waals surface area contributed by atoms with Gasteiger partial charge in [0.25, 0.3) is 5.56 Å². The second-order valence-corrected chi connectivity index (χ2v) is 8.74. The fourth-order valence-electron chi connectivity index (χ4n) is 3.64. The third-order valence-corrected chi connectivity index (χ3v) is 6.27. The van der Waals surface area contributed by atoms with E-state index in [4.69, 9.17) is 21.1 Å². The minimum absolute atomic E-state index is 0.288. The SMILES string of the molecule is COC(=O)C1=C(C)N=c2s/c(=C\c3cccc(OC(C)=O)c3)c(=O)n2[C@H]1c1ccc(Cl)cc1. The third-order valence-electron chi connectivity index (χ3n) is 5.03. The number of carbonyl (C=O) groups is 2. The summed E-state index contributed by atoms with van der Waals surface area (Å²) in [6.45, 7) is 3.04. The molecule has 3 aromatic rings. The summed E-state index contributed by atoms with van der Waals surface area (Å²) >= 11 is 7.26. The van der Waals surface area contributed by atoms with Gasteiger partial charge in [-0.1, -0.05) is 47.2 Å². The van der Waals surface area contributed by atoms with E-state index in [1.54, 1.807) is 61.5 Å². The number of thiazole rings is 1. The predicted octanol–water partition coefficient (Wildman–Crippen LogP) is 2.99. The van der Waals surface area contributed by atoms with Crippen molar-refractivity contribution in [2.45, 2.75) is 19.9 Å². The molecule has 1 aliphatic rings. The van der Waals surface area contributed by atoms with Gasteiger partial charge in [0.1, 0.15) is 5.75 Å². The standard InChI is InChI=1S/C24H19ClN2O5S/c1-13-20(23(30)31-3)21(16-7-9-17(25)10-8-16)27-22(29)19(33-24(27)26-13)12-15-5-4-6-18(11-15)32-14(2)28/h4-12,21H,1-3H3/b19-12-/t21-/m0/s1. The van der Waals surface area contributed by atoms with Gasteiger partial charge in [-0.3, -0.25) is 14.2 Å². The number of halogens is 1. The molecule has 33 heavy (non-hydrogen) atoms. The van der Waals surface area contributed by atoms with Crippen molar-refractivity contribution in [2.75, 3.05) is 7.11 Å². The Morgan fingerprint density at radius 1 is 1.18 bits per heavy atom. The number of esters is 2. The molecule has 0 bridgehead atoms. The van der Waals surface area contributed by atoms with Crippen molar-refractivity contribution in [2.24, 2.45) is 4.99 Å². The fraction of sp³-hybridized carbons (Fsp3) is 0.167. The second kappa shape index (κ2) is 9.17. The van der Waals surface area contributed by atoms with E-state index in [1.165, 1.54) is 29.9 Å². The maximum atomic E-state index is 13.5. The van der Waals surface area contributed by atoms with E-state index >= 15 is 0 Å². The van der Waals surface area contributed by atoms with Crippen LogP contribution in [0.15, 0.2) is 69.6 Å². The first-order valence-electron chi connectivity index (χ1n) is 9.93. The summed E-state index contributed by atoms with van der Waals surface area (Å²) in [5.41, 5.74) is 1.86. The van der Waals surface area contributed by atoms with E-state index < -0.39 is 18.0 Å². The van der Waals surface area contributed by atoms with Gasteiger partial charge in [0.05, 0.1) is 29.0 Å². The molecule has 0 N–H and O–H groups in total. The molecule has 0 unspecified atom stereocenters. The molecular formula is C24H19ClN2O5S. The smallest absolute Gasteiger partial charge is 0.338 e. The van der Waals surface area contributed by atoms with Crippen molar-refractivity contribution in [1.29, 1.82) is 0 Å². The van der Waals surface area contributed by atoms with Crippen molar-refractivity contribution in [3.63, 3.8) is 0 Å². The molecule has 0 aliphatic carbocycles. The number of hydrogen-bond donors (Lipinski definition) is 0. The molecule has 1 aliphatic heterocycles. The van der Waals surface area contributed by atoms with Gasteiger partial charge < -0.3 is 9.47 Å². The van der Waals surface area contributed by atoms with Crippen molar-refractivity contribution in [1.82, 2.24) is 4.57 Å². The second-order valence-electron chi connectivity index (χ2n) is 7.29. The lowest BCUT2D eigenvalue weighted by Gasteiger charge is -2.24. The van der Waals surface area contributed by atoms with Gasteiger partial charge in [-0.15, -0.1) is 0 Å². The molecule has 2 aromatic carbocycles. The number of hydrogen-bond acceptors (Lipinski definition) is 7. The highest BCUT2D eigenvalue weighted by atomic mass is 35.5. The molecule has 0 amide bonds. The Morgan fingerprint density at radius 3 is 2.58 bits per heavy atom. The Bertz CT molecular complexity index is 1470. The summed E-state index contributed by atoms with van der Waals surface area (Å²) in [5, 5.41) is 0.541. The van der Waals surface area contributed by atoms with Crippen LogP contribution >= 0.6 is 22.9 Å². The van der Waals surface area contributed by atoms with Crippen LogP contribution < -0.4 is 19.6 Å². The van der Waals surface area contributed by atoms with Gasteiger partial charge in [0.15, 0.2) is 4.80 Å². The number of rotatable bonds is 4. The van der Waals surface area contributed by atoms with E-state index in [0.29, 0.717) is 36.9 Å². The summed E-state index contributed by atoms with van der Waals surface area (Å²) in [7, 11) is 1.29. The lowest BCUT2D eigenvalue weighted by Crippen LogP contribution is -2.39. The van der Waals surface area contributed by atoms with Gasteiger partial charge in [-0.05, 0) is 48.4 Å². The molecule has 0 radical (unpaired) electrons. The van der Waals surface area contributed by atoms with E-state index in [-0.39, 0.29) is 11.1 Å². The van der Waals surface area contributed by atoms with Gasteiger partial charge in [-0.2, -0.15) is 0 Å². The summed E-state index contributed by atoms with van der Waals surface area (Å²) in [5.74, 6) is -0.605. The lowest BCUT2D eigenvalue weighted by molar-refractivity contribution is -0.136. The lowest BCUT2D eigenvalue weighted by atomic mass is 9.96. The molecule has 9 heteroatoms. The number of aromatic nitrogens is 1. The van der Waals surface area contributed by atoms with E-state index in [2.05, 4.69) is 4.99 Å². The molecule has 1 aromatic heterocycles. The van der Waals surface area contributed by atoms with Crippen LogP contribution in [0.4, 0.5) is 0 Å². The van der Waals surface area contributed by atoms with Crippen LogP contribution in [0, 0.1) is 0 Å². The maximum Gasteiger partial charge on any atom is 0.338 e. The highest BCUT2D eigenvalue weighted by Gasteiger charge is 2.33. The summed E-state index contributed by atoms with van der Waals surface area (Å²) in [6, 6.07) is 13.1. The molecule has 0 fully saturated rings. The van der Waals surface area contributed by atoms with Crippen LogP contribution in [0.1, 0.15) is 31.0 Å². The Kier molecular flexibility index (Phi) is 6.31. The van der Waals surface area contributed by atoms with Crippen LogP contribution in [0.25, 0.3) is 6.08 Å². The van der Waals surface area contributed by atoms with Gasteiger partial charge in [0, 0.05) is 11.9 Å². The number of benzene rings is 2. The number of fused-ring (bicyclic) bond motifs is 1. The minimum Gasteiger partial charge on any atom is -0.466 e. The molecule has 0 spiro atoms. The quantitative estimate of drug-likeness (QED) is 0.421. The van der Waals surface area contributed by atoms with Crippen molar-refractivity contribution >= 4 is 41.0 Å². The maximum absolute atomic E-state index is 13.5. The number of carbonyl (C=O) groups excluding carboxylic acids is 2. The van der Waals surface area contributed by atoms with E-state index in [0.717, 1.165) is 0 Å². The van der Waals surface area contributed by atoms with Gasteiger partial charge in [-0.25, -0.2) is 9.79 Å². The Hall–Kier alpha value is -3.49. The molecule has 0 saturated carbocycles. The minimum atomic E-state index is -0.708. The molecule has 168 valence electrons. The van der Waals surface area contributed by atoms with Crippen LogP contribution in [-0.2, 0) is 14.3 Å². The third kappa shape index (κ3) is 4.53. The first kappa shape index (κ1) is 22.7. The normalized spacial score (nSPS) is 15.6. The number of allylic oxidation sites excluding steroid dienone is 1. The highest BCUT2D eigenvalue weighted by Crippen LogP contribution is 2.31. The van der Waals surface area contributed by atoms with E-state index in [9.17, 15) is 14.4 Å². The van der Waals surface area contributed by atoms with Crippen molar-refractivity contribution in [3.8, 4) is 5.75 Å². The number of nitrogens with zero attached hydrogens (tertiary/aromatic N) is 2. The van der Waals surface area contributed by atoms with Crippen LogP contribution in [0.2, 0.25) is 5.02 Å². The highest BCUT2D eigenvalue weighted by molar-refractivity contribution is 7.07. The zero-order valence-corrected chi connectivity index (χ0v) is 19.6. The first-order chi connectivity index (χ1) is 15.8. The zero-order valence-electron chi connectivity index (χ0n) is 18.0. The molecule has 2 heterocycles. The van der Waals surface area contributed by atoms with Gasteiger partial charge >= 0.3 is 11.9 Å². The molecular weight excluding hydrogens is 464 g/mol. The van der Waals surface area contributed by atoms with Crippen molar-refractivity contribution in [3.05, 3.63) is 95.6 Å². The summed E-state index contributed by atoms with van der Waals surface area (Å²) < 4.78 is 12.0. The topological polar surface area (TPSA) is 87.0 Å². The Labute approximate surface area is 197 Å². The number of methoxy groups -OCH3 is 1. The predicted molar refractivity (Wildman–Crippen MR) is 125 cm³/mol. The van der Waals surface area contributed by atoms with Crippen molar-refractivity contribution < 1.29 is 19.1 Å². The summed E-state index contributed by atoms with van der Waals surface area (Å²) in [4.78, 5) is 42.4. The summed E-state index contributed by atoms with van der Waals surface area (Å²) in [6.07, 6.45) is 1.70. The number of ether oxygens (including phenoxy) is 2. The monoisotopic (exact) mass is 482 g/mol. The fourth-order valence-corrected chi connectivity index (χ4v) is 4.81. The average molecular weight is 483 g/mol. The molecule has 4 rings (SSSR count). The van der Waals surface area contributed by atoms with Crippen LogP contribution in [0.3, 0.4) is 0 Å². The first-order valence-corrected chi connectivity index (χ1v) is 11.1. The zero-order chi connectivity index (χ0) is 23.7. The Balaban J connectivity index is 1.91. The van der Waals surface area contributed by atoms with Crippen LogP contribution in [0.5, 0.6) is 5.75 Å². The average Bonchev–Trinajstić information content (AvgIpc) is 3.07. The largest absolute Gasteiger partial charge is 0.466 e. The Morgan fingerprint density at radius 2 is 1.91 bits per heavy atom. The van der Waals surface area contributed by atoms with Crippen LogP contribution in [-0.4, -0.2) is 23.6 Å². The van der Waals surface area contributed by atoms with E-state index in [1.807, 2.05) is 0 Å².